The van der Waals surface area contributed by atoms with Crippen molar-refractivity contribution in [2.24, 2.45) is 11.7 Å². The van der Waals surface area contributed by atoms with Crippen LogP contribution in [0.4, 0.5) is 15.9 Å². The average molecular weight is 510 g/mol. The van der Waals surface area contributed by atoms with Gasteiger partial charge in [-0.15, -0.1) is 5.10 Å². The van der Waals surface area contributed by atoms with E-state index in [1.165, 1.54) is 16.8 Å². The molecule has 0 radical (unpaired) electrons. The summed E-state index contributed by atoms with van der Waals surface area (Å²) >= 11 is 0. The van der Waals surface area contributed by atoms with E-state index in [-0.39, 0.29) is 29.4 Å². The number of aromatic nitrogens is 2. The molecule has 1 atom stereocenters. The third-order valence-corrected chi connectivity index (χ3v) is 6.80. The van der Waals surface area contributed by atoms with E-state index in [2.05, 4.69) is 10.4 Å². The van der Waals surface area contributed by atoms with E-state index in [4.69, 9.17) is 11.5 Å². The van der Waals surface area contributed by atoms with Gasteiger partial charge in [-0.2, -0.15) is 4.68 Å². The van der Waals surface area contributed by atoms with Gasteiger partial charge in [0.15, 0.2) is 5.82 Å². The van der Waals surface area contributed by atoms with Crippen LogP contribution in [0.5, 0.6) is 0 Å². The van der Waals surface area contributed by atoms with Crippen LogP contribution in [0.2, 0.25) is 0 Å². The van der Waals surface area contributed by atoms with Crippen molar-refractivity contribution in [2.75, 3.05) is 11.1 Å². The highest BCUT2D eigenvalue weighted by atomic mass is 19.1. The maximum Gasteiger partial charge on any atom is 0.264 e. The molecule has 0 aliphatic heterocycles. The van der Waals surface area contributed by atoms with Gasteiger partial charge in [-0.25, -0.2) is 4.39 Å². The van der Waals surface area contributed by atoms with Crippen LogP contribution < -0.4 is 16.8 Å². The SMILES string of the molecule is Cc1cc(NC(=O)c2cccc3cc(-c4cccc5c4c(N)nn5C(=O)[C@@H](N)C(C)C)ccc23)ccc1F. The topological polar surface area (TPSA) is 116 Å². The van der Waals surface area contributed by atoms with Gasteiger partial charge < -0.3 is 16.8 Å². The number of nitrogens with zero attached hydrogens (tertiary/aromatic N) is 2. The normalized spacial score (nSPS) is 12.3. The fourth-order valence-corrected chi connectivity index (χ4v) is 4.60. The predicted octanol–water partition coefficient (Wildman–Crippen LogP) is 5.76. The summed E-state index contributed by atoms with van der Waals surface area (Å²) in [7, 11) is 0. The number of rotatable bonds is 5. The maximum atomic E-state index is 13.6. The first kappa shape index (κ1) is 25.1. The first-order valence-electron chi connectivity index (χ1n) is 12.3. The van der Waals surface area contributed by atoms with Crippen LogP contribution in [0.25, 0.3) is 32.8 Å². The first-order valence-corrected chi connectivity index (χ1v) is 12.3. The van der Waals surface area contributed by atoms with E-state index in [9.17, 15) is 14.0 Å². The number of amides is 1. The molecule has 1 aromatic heterocycles. The molecule has 8 heteroatoms. The molecular weight excluding hydrogens is 481 g/mol. The van der Waals surface area contributed by atoms with E-state index in [1.807, 2.05) is 56.3 Å². The third kappa shape index (κ3) is 4.39. The monoisotopic (exact) mass is 509 g/mol. The summed E-state index contributed by atoms with van der Waals surface area (Å²) < 4.78 is 14.9. The zero-order chi connectivity index (χ0) is 27.1. The Bertz CT molecular complexity index is 1720. The molecule has 5 aromatic rings. The Labute approximate surface area is 219 Å². The van der Waals surface area contributed by atoms with Crippen molar-refractivity contribution in [2.45, 2.75) is 26.8 Å². The molecule has 4 aromatic carbocycles. The van der Waals surface area contributed by atoms with Gasteiger partial charge in [0.25, 0.3) is 11.8 Å². The highest BCUT2D eigenvalue weighted by molar-refractivity contribution is 6.14. The van der Waals surface area contributed by atoms with Gasteiger partial charge in [0.2, 0.25) is 0 Å². The van der Waals surface area contributed by atoms with E-state index in [0.29, 0.717) is 27.7 Å². The molecule has 192 valence electrons. The lowest BCUT2D eigenvalue weighted by Crippen LogP contribution is -2.39. The Kier molecular flexibility index (Phi) is 6.42. The first-order chi connectivity index (χ1) is 18.2. The highest BCUT2D eigenvalue weighted by Crippen LogP contribution is 2.35. The van der Waals surface area contributed by atoms with Crippen molar-refractivity contribution in [3.8, 4) is 11.1 Å². The molecule has 0 aliphatic rings. The van der Waals surface area contributed by atoms with Crippen molar-refractivity contribution in [1.82, 2.24) is 9.78 Å². The van der Waals surface area contributed by atoms with Crippen LogP contribution in [-0.2, 0) is 0 Å². The van der Waals surface area contributed by atoms with Crippen molar-refractivity contribution < 1.29 is 14.0 Å². The molecule has 0 bridgehead atoms. The number of halogens is 1. The molecular formula is C30H28FN5O2. The Balaban J connectivity index is 1.54. The fraction of sp³-hybridized carbons (Fsp3) is 0.167. The Hall–Kier alpha value is -4.56. The molecule has 1 heterocycles. The van der Waals surface area contributed by atoms with Crippen molar-refractivity contribution >= 4 is 45.0 Å². The van der Waals surface area contributed by atoms with Gasteiger partial charge in [0, 0.05) is 11.3 Å². The number of aryl methyl sites for hydroxylation is 1. The minimum atomic E-state index is -0.704. The number of nitrogen functional groups attached to an aromatic ring is 1. The minimum absolute atomic E-state index is 0.0508. The molecule has 38 heavy (non-hydrogen) atoms. The number of nitrogens with one attached hydrogen (secondary N) is 1. The summed E-state index contributed by atoms with van der Waals surface area (Å²) in [5.41, 5.74) is 16.1. The van der Waals surface area contributed by atoms with E-state index in [0.717, 1.165) is 21.9 Å². The number of anilines is 2. The van der Waals surface area contributed by atoms with Crippen LogP contribution in [0.15, 0.2) is 72.8 Å². The number of benzene rings is 4. The molecule has 0 aliphatic carbocycles. The molecule has 5 N–H and O–H groups in total. The smallest absolute Gasteiger partial charge is 0.264 e. The largest absolute Gasteiger partial charge is 0.382 e. The Morgan fingerprint density at radius 1 is 1.00 bits per heavy atom. The van der Waals surface area contributed by atoms with Crippen LogP contribution in [0.1, 0.15) is 34.6 Å². The number of nitrogens with two attached hydrogens (primary N) is 2. The molecule has 5 rings (SSSR count). The highest BCUT2D eigenvalue weighted by Gasteiger charge is 2.24. The molecule has 7 nitrogen and oxygen atoms in total. The van der Waals surface area contributed by atoms with Gasteiger partial charge in [0.1, 0.15) is 5.82 Å². The second-order valence-electron chi connectivity index (χ2n) is 9.76. The molecule has 1 amide bonds. The Morgan fingerprint density at radius 3 is 2.50 bits per heavy atom. The summed E-state index contributed by atoms with van der Waals surface area (Å²) in [4.78, 5) is 26.1. The predicted molar refractivity (Wildman–Crippen MR) is 150 cm³/mol. The summed E-state index contributed by atoms with van der Waals surface area (Å²) in [5, 5.41) is 9.45. The second kappa shape index (κ2) is 9.72. The quantitative estimate of drug-likeness (QED) is 0.278. The summed E-state index contributed by atoms with van der Waals surface area (Å²) in [6.45, 7) is 5.41. The lowest BCUT2D eigenvalue weighted by molar-refractivity contribution is 0.0846. The molecule has 0 unspecified atom stereocenters. The standard InChI is InChI=1S/C30H28FN5O2/c1-16(2)27(32)30(38)36-25-9-5-7-22(26(25)28(33)35-36)19-10-12-21-18(15-19)6-4-8-23(21)29(37)34-20-11-13-24(31)17(3)14-20/h4-16,27H,32H2,1-3H3,(H2,33,35)(H,34,37)/t27-/m0/s1. The van der Waals surface area contributed by atoms with Crippen LogP contribution in [-0.4, -0.2) is 27.6 Å². The zero-order valence-corrected chi connectivity index (χ0v) is 21.3. The van der Waals surface area contributed by atoms with Crippen molar-refractivity contribution in [3.63, 3.8) is 0 Å². The van der Waals surface area contributed by atoms with Gasteiger partial charge >= 0.3 is 0 Å². The van der Waals surface area contributed by atoms with Gasteiger partial charge in [-0.3, -0.25) is 9.59 Å². The third-order valence-electron chi connectivity index (χ3n) is 6.80. The number of carbonyl (C=O) groups excluding carboxylic acids is 2. The maximum absolute atomic E-state index is 13.6. The summed E-state index contributed by atoms with van der Waals surface area (Å²) in [6.07, 6.45) is 0. The molecule has 0 spiro atoms. The van der Waals surface area contributed by atoms with Crippen molar-refractivity contribution in [3.05, 3.63) is 89.7 Å². The summed E-state index contributed by atoms with van der Waals surface area (Å²) in [5.74, 6) is -0.742. The summed E-state index contributed by atoms with van der Waals surface area (Å²) in [6, 6.07) is 20.6. The second-order valence-corrected chi connectivity index (χ2v) is 9.76. The number of hydrogen-bond donors (Lipinski definition) is 3. The van der Waals surface area contributed by atoms with Crippen LogP contribution in [0.3, 0.4) is 0 Å². The van der Waals surface area contributed by atoms with Gasteiger partial charge in [-0.1, -0.05) is 50.2 Å². The van der Waals surface area contributed by atoms with E-state index >= 15 is 0 Å². The van der Waals surface area contributed by atoms with E-state index in [1.54, 1.807) is 25.1 Å². The number of hydrogen-bond acceptors (Lipinski definition) is 5. The van der Waals surface area contributed by atoms with Gasteiger partial charge in [0.05, 0.1) is 16.9 Å². The fourth-order valence-electron chi connectivity index (χ4n) is 4.60. The lowest BCUT2D eigenvalue weighted by Gasteiger charge is -2.14. The lowest BCUT2D eigenvalue weighted by atomic mass is 9.96. The zero-order valence-electron chi connectivity index (χ0n) is 21.3. The average Bonchev–Trinajstić information content (AvgIpc) is 3.25. The number of fused-ring (bicyclic) bond motifs is 2. The van der Waals surface area contributed by atoms with Crippen LogP contribution in [0, 0.1) is 18.7 Å². The minimum Gasteiger partial charge on any atom is -0.382 e. The number of carbonyl (C=O) groups is 2. The molecule has 0 fully saturated rings. The van der Waals surface area contributed by atoms with Gasteiger partial charge in [-0.05, 0) is 76.7 Å². The van der Waals surface area contributed by atoms with Crippen LogP contribution >= 0.6 is 0 Å². The molecule has 0 saturated heterocycles. The Morgan fingerprint density at radius 2 is 1.76 bits per heavy atom. The van der Waals surface area contributed by atoms with E-state index < -0.39 is 6.04 Å². The molecule has 0 saturated carbocycles. The van der Waals surface area contributed by atoms with Crippen molar-refractivity contribution in [1.29, 1.82) is 0 Å².